The summed E-state index contributed by atoms with van der Waals surface area (Å²) in [4.78, 5) is 11.1. The molecule has 0 aliphatic rings. The van der Waals surface area contributed by atoms with Crippen molar-refractivity contribution in [2.24, 2.45) is 4.99 Å². The van der Waals surface area contributed by atoms with E-state index in [1.54, 1.807) is 13.2 Å². The Kier molecular flexibility index (Phi) is 7.85. The van der Waals surface area contributed by atoms with E-state index in [1.807, 2.05) is 12.1 Å². The van der Waals surface area contributed by atoms with Crippen LogP contribution in [-0.2, 0) is 6.54 Å². The number of nitrogens with zero attached hydrogens (tertiary/aromatic N) is 3. The lowest BCUT2D eigenvalue weighted by atomic mass is 10.1. The molecule has 0 bridgehead atoms. The molecule has 1 heterocycles. The summed E-state index contributed by atoms with van der Waals surface area (Å²) in [6, 6.07) is 9.27. The van der Waals surface area contributed by atoms with Gasteiger partial charge in [0.2, 0.25) is 5.89 Å². The summed E-state index contributed by atoms with van der Waals surface area (Å²) in [5.74, 6) is 2.16. The molecule has 0 aliphatic heterocycles. The van der Waals surface area contributed by atoms with Gasteiger partial charge in [0, 0.05) is 37.8 Å². The maximum absolute atomic E-state index is 5.85. The van der Waals surface area contributed by atoms with Gasteiger partial charge in [-0.3, -0.25) is 9.89 Å². The topological polar surface area (TPSA) is 65.7 Å². The van der Waals surface area contributed by atoms with Gasteiger partial charge in [-0.2, -0.15) is 0 Å². The van der Waals surface area contributed by atoms with Crippen LogP contribution >= 0.6 is 0 Å². The van der Waals surface area contributed by atoms with E-state index in [4.69, 9.17) is 4.42 Å². The average Bonchev–Trinajstić information content (AvgIpc) is 3.10. The summed E-state index contributed by atoms with van der Waals surface area (Å²) in [5, 5.41) is 6.61. The highest BCUT2D eigenvalue weighted by atomic mass is 16.4. The Morgan fingerprint density at radius 1 is 1.11 bits per heavy atom. The van der Waals surface area contributed by atoms with Crippen molar-refractivity contribution in [3.63, 3.8) is 0 Å². The largest absolute Gasteiger partial charge is 0.439 e. The number of aromatic nitrogens is 1. The van der Waals surface area contributed by atoms with Crippen molar-refractivity contribution in [3.05, 3.63) is 41.9 Å². The molecule has 0 radical (unpaired) electrons. The van der Waals surface area contributed by atoms with Gasteiger partial charge in [-0.25, -0.2) is 4.98 Å². The van der Waals surface area contributed by atoms with E-state index in [-0.39, 0.29) is 0 Å². The van der Waals surface area contributed by atoms with Crippen molar-refractivity contribution in [1.29, 1.82) is 0 Å². The Morgan fingerprint density at radius 2 is 1.78 bits per heavy atom. The molecule has 2 rings (SSSR count). The lowest BCUT2D eigenvalue weighted by Gasteiger charge is -2.30. The van der Waals surface area contributed by atoms with Crippen molar-refractivity contribution < 1.29 is 4.42 Å². The number of nitrogens with one attached hydrogen (secondary N) is 2. The van der Waals surface area contributed by atoms with Gasteiger partial charge in [0.15, 0.2) is 11.7 Å². The second-order valence-corrected chi connectivity index (χ2v) is 7.26. The van der Waals surface area contributed by atoms with Gasteiger partial charge >= 0.3 is 0 Å². The Labute approximate surface area is 163 Å². The van der Waals surface area contributed by atoms with Gasteiger partial charge in [0.1, 0.15) is 0 Å². The molecule has 1 aromatic carbocycles. The molecule has 0 atom stereocenters. The molecule has 0 amide bonds. The summed E-state index contributed by atoms with van der Waals surface area (Å²) in [6.07, 6.45) is 1.76. The van der Waals surface area contributed by atoms with Crippen LogP contribution in [0.3, 0.4) is 0 Å². The molecule has 0 fully saturated rings. The molecule has 0 saturated heterocycles. The molecule has 6 nitrogen and oxygen atoms in total. The normalized spacial score (nSPS) is 12.3. The van der Waals surface area contributed by atoms with E-state index in [2.05, 4.69) is 72.3 Å². The van der Waals surface area contributed by atoms with E-state index >= 15 is 0 Å². The highest BCUT2D eigenvalue weighted by molar-refractivity contribution is 5.79. The van der Waals surface area contributed by atoms with Crippen LogP contribution in [0.4, 0.5) is 0 Å². The maximum Gasteiger partial charge on any atom is 0.214 e. The van der Waals surface area contributed by atoms with Gasteiger partial charge < -0.3 is 15.1 Å². The fraction of sp³-hybridized carbons (Fsp3) is 0.524. The monoisotopic (exact) mass is 371 g/mol. The molecule has 6 heteroatoms. The van der Waals surface area contributed by atoms with E-state index in [0.717, 1.165) is 30.4 Å². The molecule has 0 saturated carbocycles. The number of hydrogen-bond acceptors (Lipinski definition) is 4. The van der Waals surface area contributed by atoms with Crippen LogP contribution in [0.25, 0.3) is 11.3 Å². The first-order valence-corrected chi connectivity index (χ1v) is 9.62. The molecule has 0 unspecified atom stereocenters. The highest BCUT2D eigenvalue weighted by Gasteiger charge is 2.13. The third kappa shape index (κ3) is 6.40. The number of aliphatic imine (C=N–C) groups is 1. The first kappa shape index (κ1) is 21.0. The van der Waals surface area contributed by atoms with Crippen LogP contribution in [-0.4, -0.2) is 48.1 Å². The van der Waals surface area contributed by atoms with Crippen LogP contribution in [0.2, 0.25) is 0 Å². The van der Waals surface area contributed by atoms with Crippen molar-refractivity contribution >= 4 is 5.96 Å². The summed E-state index contributed by atoms with van der Waals surface area (Å²) < 4.78 is 5.85. The SMILES string of the molecule is CN=C(NCCN(C(C)C)C(C)C)NCc1ncc(-c2ccc(C)cc2)o1. The zero-order valence-corrected chi connectivity index (χ0v) is 17.4. The zero-order valence-electron chi connectivity index (χ0n) is 17.4. The number of benzene rings is 1. The zero-order chi connectivity index (χ0) is 19.8. The van der Waals surface area contributed by atoms with Crippen molar-refractivity contribution in [1.82, 2.24) is 20.5 Å². The van der Waals surface area contributed by atoms with Crippen molar-refractivity contribution in [2.45, 2.75) is 53.2 Å². The van der Waals surface area contributed by atoms with E-state index in [0.29, 0.717) is 24.5 Å². The minimum Gasteiger partial charge on any atom is -0.439 e. The van der Waals surface area contributed by atoms with Gasteiger partial charge in [0.05, 0.1) is 12.7 Å². The van der Waals surface area contributed by atoms with Gasteiger partial charge in [-0.1, -0.05) is 29.8 Å². The predicted molar refractivity (Wildman–Crippen MR) is 112 cm³/mol. The fourth-order valence-electron chi connectivity index (χ4n) is 3.04. The number of guanidine groups is 1. The molecule has 0 spiro atoms. The quantitative estimate of drug-likeness (QED) is 0.550. The number of aryl methyl sites for hydroxylation is 1. The standard InChI is InChI=1S/C21H33N5O/c1-15(2)26(16(3)4)12-11-23-21(22-6)25-14-20-24-13-19(27-20)18-9-7-17(5)8-10-18/h7-10,13,15-16H,11-12,14H2,1-6H3,(H2,22,23,25). The lowest BCUT2D eigenvalue weighted by Crippen LogP contribution is -2.45. The number of hydrogen-bond donors (Lipinski definition) is 2. The first-order chi connectivity index (χ1) is 12.9. The van der Waals surface area contributed by atoms with Crippen LogP contribution in [0, 0.1) is 6.92 Å². The minimum atomic E-state index is 0.490. The highest BCUT2D eigenvalue weighted by Crippen LogP contribution is 2.20. The van der Waals surface area contributed by atoms with Crippen LogP contribution in [0.15, 0.2) is 39.9 Å². The Morgan fingerprint density at radius 3 is 2.37 bits per heavy atom. The summed E-state index contributed by atoms with van der Waals surface area (Å²) in [5.41, 5.74) is 2.26. The van der Waals surface area contributed by atoms with E-state index in [1.165, 1.54) is 5.56 Å². The van der Waals surface area contributed by atoms with Gasteiger partial charge in [-0.15, -0.1) is 0 Å². The Hall–Kier alpha value is -2.34. The molecule has 2 aromatic rings. The maximum atomic E-state index is 5.85. The summed E-state index contributed by atoms with van der Waals surface area (Å²) in [6.45, 7) is 13.2. The van der Waals surface area contributed by atoms with Crippen LogP contribution in [0.5, 0.6) is 0 Å². The molecule has 0 aliphatic carbocycles. The summed E-state index contributed by atoms with van der Waals surface area (Å²) >= 11 is 0. The van der Waals surface area contributed by atoms with E-state index in [9.17, 15) is 0 Å². The van der Waals surface area contributed by atoms with Crippen LogP contribution in [0.1, 0.15) is 39.1 Å². The van der Waals surface area contributed by atoms with Gasteiger partial charge in [0.25, 0.3) is 0 Å². The van der Waals surface area contributed by atoms with Crippen molar-refractivity contribution in [2.75, 3.05) is 20.1 Å². The molecular formula is C21H33N5O. The minimum absolute atomic E-state index is 0.490. The molecule has 2 N–H and O–H groups in total. The summed E-state index contributed by atoms with van der Waals surface area (Å²) in [7, 11) is 1.77. The second-order valence-electron chi connectivity index (χ2n) is 7.26. The Balaban J connectivity index is 1.83. The predicted octanol–water partition coefficient (Wildman–Crippen LogP) is 3.43. The molecular weight excluding hydrogens is 338 g/mol. The molecule has 27 heavy (non-hydrogen) atoms. The third-order valence-corrected chi connectivity index (χ3v) is 4.51. The molecule has 148 valence electrons. The first-order valence-electron chi connectivity index (χ1n) is 9.62. The van der Waals surface area contributed by atoms with Crippen LogP contribution < -0.4 is 10.6 Å². The third-order valence-electron chi connectivity index (χ3n) is 4.51. The molecule has 1 aromatic heterocycles. The smallest absolute Gasteiger partial charge is 0.214 e. The average molecular weight is 372 g/mol. The number of oxazole rings is 1. The fourth-order valence-corrected chi connectivity index (χ4v) is 3.04. The lowest BCUT2D eigenvalue weighted by molar-refractivity contribution is 0.178. The van der Waals surface area contributed by atoms with Gasteiger partial charge in [-0.05, 0) is 34.6 Å². The second kappa shape index (κ2) is 10.1. The number of rotatable bonds is 8. The van der Waals surface area contributed by atoms with Crippen molar-refractivity contribution in [3.8, 4) is 11.3 Å². The Bertz CT molecular complexity index is 710. The van der Waals surface area contributed by atoms with E-state index < -0.39 is 0 Å².